The largest absolute Gasteiger partial charge is 0.459 e. The molecule has 348 valence electrons. The van der Waals surface area contributed by atoms with Crippen molar-refractivity contribution in [3.63, 3.8) is 0 Å². The first-order chi connectivity index (χ1) is 30.3. The van der Waals surface area contributed by atoms with E-state index in [-0.39, 0.29) is 82.2 Å². The maximum absolute atomic E-state index is 15.4. The van der Waals surface area contributed by atoms with Gasteiger partial charge in [-0.1, -0.05) is 78.4 Å². The van der Waals surface area contributed by atoms with Gasteiger partial charge in [0, 0.05) is 13.1 Å². The zero-order chi connectivity index (χ0) is 47.2. The van der Waals surface area contributed by atoms with Crippen molar-refractivity contribution in [2.75, 3.05) is 19.6 Å². The highest BCUT2D eigenvalue weighted by Crippen LogP contribution is 2.33. The number of carbonyl (C=O) groups is 5. The van der Waals surface area contributed by atoms with E-state index in [1.54, 1.807) is 114 Å². The molecule has 0 aromatic heterocycles. The summed E-state index contributed by atoms with van der Waals surface area (Å²) in [5, 5.41) is 0. The van der Waals surface area contributed by atoms with Crippen molar-refractivity contribution in [1.82, 2.24) is 14.1 Å². The number of ether oxygens (including phenoxy) is 3. The van der Waals surface area contributed by atoms with Crippen molar-refractivity contribution < 1.29 is 46.6 Å². The number of sulfonamides is 1. The van der Waals surface area contributed by atoms with Crippen LogP contribution in [0.1, 0.15) is 93.5 Å². The third-order valence-electron chi connectivity index (χ3n) is 10.4. The fourth-order valence-corrected chi connectivity index (χ4v) is 9.67. The molecule has 18 heteroatoms. The van der Waals surface area contributed by atoms with Crippen LogP contribution in [0.3, 0.4) is 0 Å². The molecule has 0 aliphatic carbocycles. The molecule has 3 aromatic carbocycles. The maximum atomic E-state index is 15.4. The second kappa shape index (κ2) is 23.1. The minimum absolute atomic E-state index is 0.00510. The van der Waals surface area contributed by atoms with Gasteiger partial charge in [0.25, 0.3) is 15.9 Å². The van der Waals surface area contributed by atoms with Crippen molar-refractivity contribution in [2.24, 2.45) is 22.2 Å². The van der Waals surface area contributed by atoms with Crippen molar-refractivity contribution in [1.29, 1.82) is 0 Å². The Bertz CT molecular complexity index is 2210. The molecule has 0 spiro atoms. The molecule has 0 radical (unpaired) electrons. The highest BCUT2D eigenvalue weighted by molar-refractivity contribution is 7.89. The molecule has 0 unspecified atom stereocenters. The Morgan fingerprint density at radius 2 is 1.38 bits per heavy atom. The number of esters is 1. The number of imide groups is 1. The summed E-state index contributed by atoms with van der Waals surface area (Å²) in [6.45, 7) is 9.52. The lowest BCUT2D eigenvalue weighted by Crippen LogP contribution is -2.59. The van der Waals surface area contributed by atoms with Crippen LogP contribution in [0.5, 0.6) is 0 Å². The Hall–Kier alpha value is -6.01. The number of unbranched alkanes of at least 4 members (excludes halogenated alkanes) is 1. The van der Waals surface area contributed by atoms with Crippen LogP contribution in [0.15, 0.2) is 82.7 Å². The molecule has 4 amide bonds. The second-order valence-corrected chi connectivity index (χ2v) is 18.6. The molecule has 1 fully saturated rings. The fraction of sp³-hybridized carbons (Fsp3) is 0.478. The van der Waals surface area contributed by atoms with Crippen LogP contribution in [0.2, 0.25) is 0 Å². The predicted molar refractivity (Wildman–Crippen MR) is 241 cm³/mol. The third kappa shape index (κ3) is 13.7. The maximum Gasteiger partial charge on any atom is 0.420 e. The van der Waals surface area contributed by atoms with E-state index >= 15 is 18.0 Å². The van der Waals surface area contributed by atoms with Crippen LogP contribution >= 0.6 is 0 Å². The average Bonchev–Trinajstić information content (AvgIpc) is 3.72. The van der Waals surface area contributed by atoms with Crippen LogP contribution in [0.4, 0.5) is 9.59 Å². The first-order valence-corrected chi connectivity index (χ1v) is 22.9. The van der Waals surface area contributed by atoms with Crippen LogP contribution in [-0.2, 0) is 51.8 Å². The van der Waals surface area contributed by atoms with Crippen LogP contribution in [0, 0.1) is 20.8 Å². The summed E-state index contributed by atoms with van der Waals surface area (Å²) < 4.78 is 48.0. The molecule has 64 heavy (non-hydrogen) atoms. The quantitative estimate of drug-likeness (QED) is 0.0452. The number of nitrogens with two attached hydrogens (primary N) is 3. The number of aryl methyl sites for hydroxylation is 3. The van der Waals surface area contributed by atoms with Crippen LogP contribution < -0.4 is 17.2 Å². The van der Waals surface area contributed by atoms with E-state index in [0.717, 1.165) is 5.56 Å². The molecule has 17 nitrogen and oxygen atoms in total. The number of likely N-dealkylation sites (tertiary alicyclic amines) is 1. The van der Waals surface area contributed by atoms with Gasteiger partial charge < -0.3 is 36.3 Å². The fourth-order valence-electron chi connectivity index (χ4n) is 7.66. The number of nitrogens with zero attached hydrogens (tertiary/aromatic N) is 4. The van der Waals surface area contributed by atoms with Crippen molar-refractivity contribution in [3.8, 4) is 0 Å². The molecule has 6 N–H and O–H groups in total. The van der Waals surface area contributed by atoms with Crippen LogP contribution in [0.25, 0.3) is 0 Å². The van der Waals surface area contributed by atoms with Gasteiger partial charge in [0.15, 0.2) is 5.96 Å². The monoisotopic (exact) mass is 905 g/mol. The first kappa shape index (κ1) is 50.6. The zero-order valence-electron chi connectivity index (χ0n) is 37.7. The summed E-state index contributed by atoms with van der Waals surface area (Å²) in [5.41, 5.74) is 18.5. The molecule has 0 saturated carbocycles. The molecule has 1 aliphatic heterocycles. The minimum Gasteiger partial charge on any atom is -0.459 e. The van der Waals surface area contributed by atoms with Gasteiger partial charge in [-0.05, 0) is 115 Å². The molecule has 4 rings (SSSR count). The van der Waals surface area contributed by atoms with Crippen molar-refractivity contribution >= 4 is 46.0 Å². The van der Waals surface area contributed by atoms with E-state index < -0.39 is 63.7 Å². The normalized spacial score (nSPS) is 14.8. The van der Waals surface area contributed by atoms with E-state index in [1.165, 1.54) is 4.90 Å². The van der Waals surface area contributed by atoms with Gasteiger partial charge in [-0.2, -0.15) is 4.90 Å². The number of hydrogen-bond acceptors (Lipinski definition) is 12. The van der Waals surface area contributed by atoms with E-state index in [2.05, 4.69) is 4.99 Å². The topological polar surface area (TPSA) is 247 Å². The van der Waals surface area contributed by atoms with E-state index in [9.17, 15) is 14.4 Å². The minimum atomic E-state index is -4.89. The highest BCUT2D eigenvalue weighted by atomic mass is 32.2. The number of carbonyl (C=O) groups excluding carboxylic acids is 5. The van der Waals surface area contributed by atoms with Crippen molar-refractivity contribution in [2.45, 2.75) is 128 Å². The van der Waals surface area contributed by atoms with Gasteiger partial charge in [-0.3, -0.25) is 14.6 Å². The van der Waals surface area contributed by atoms with Crippen LogP contribution in [-0.4, -0.2) is 102 Å². The summed E-state index contributed by atoms with van der Waals surface area (Å²) in [6.07, 6.45) is -1.67. The van der Waals surface area contributed by atoms with E-state index in [1.807, 2.05) is 0 Å². The van der Waals surface area contributed by atoms with Gasteiger partial charge in [-0.25, -0.2) is 27.1 Å². The Morgan fingerprint density at radius 3 is 1.92 bits per heavy atom. The zero-order valence-corrected chi connectivity index (χ0v) is 38.5. The molecule has 3 atom stereocenters. The summed E-state index contributed by atoms with van der Waals surface area (Å²) in [6, 6.07) is 16.0. The van der Waals surface area contributed by atoms with Crippen molar-refractivity contribution in [3.05, 3.63) is 101 Å². The van der Waals surface area contributed by atoms with E-state index in [4.69, 9.17) is 31.4 Å². The Morgan fingerprint density at radius 1 is 0.812 bits per heavy atom. The summed E-state index contributed by atoms with van der Waals surface area (Å²) in [7, 11) is -4.89. The molecular formula is C46H63N7O10S. The molecule has 1 heterocycles. The first-order valence-electron chi connectivity index (χ1n) is 21.4. The average molecular weight is 906 g/mol. The van der Waals surface area contributed by atoms with E-state index in [0.29, 0.717) is 37.9 Å². The molecule has 1 saturated heterocycles. The van der Waals surface area contributed by atoms with Gasteiger partial charge in [0.05, 0.1) is 4.90 Å². The number of rotatable bonds is 19. The smallest absolute Gasteiger partial charge is 0.420 e. The number of guanidine groups is 1. The molecular weight excluding hydrogens is 843 g/mol. The second-order valence-electron chi connectivity index (χ2n) is 16.8. The molecule has 3 aromatic rings. The summed E-state index contributed by atoms with van der Waals surface area (Å²) in [5.74, 6) is -3.14. The van der Waals surface area contributed by atoms with Gasteiger partial charge >= 0.3 is 18.2 Å². The third-order valence-corrected chi connectivity index (χ3v) is 12.5. The number of amides is 4. The molecule has 1 aliphatic rings. The standard InChI is InChI=1S/C46H63N7O10S/c1-31-27-32(2)39(33(3)28-31)64(59,60)53(38(22-15-25-50-43(48)49)42(56)61-29-34-17-9-7-10-18-34)41(55)36-23-16-26-51(36)40(54)37(21-13-14-24-47)52(45(58)63-46(4,5)6)44(57)62-30-35-19-11-8-12-20-35/h7-12,17-20,27-28,36-38H,13-16,21-26,29-30,47H2,1-6H3,(H4,48,49,50)/t36-,37-,38-/m0/s1. The predicted octanol–water partition coefficient (Wildman–Crippen LogP) is 5.36. The number of aliphatic imine (C=N–C) groups is 1. The SMILES string of the molecule is Cc1cc(C)c(S(=O)(=O)N(C(=O)[C@@H]2CCCN2C(=O)[C@H](CCCCN)N(C(=O)OCc2ccccc2)C(=O)OC(C)(C)C)[C@@H](CCCN=C(N)N)C(=O)OCc2ccccc2)c(C)c1. The Labute approximate surface area is 376 Å². The van der Waals surface area contributed by atoms with Gasteiger partial charge in [0.2, 0.25) is 5.91 Å². The molecule has 0 bridgehead atoms. The lowest BCUT2D eigenvalue weighted by Gasteiger charge is -2.37. The summed E-state index contributed by atoms with van der Waals surface area (Å²) in [4.78, 5) is 78.3. The number of benzene rings is 3. The van der Waals surface area contributed by atoms with Gasteiger partial charge in [0.1, 0.15) is 36.9 Å². The lowest BCUT2D eigenvalue weighted by atomic mass is 10.1. The highest BCUT2D eigenvalue weighted by Gasteiger charge is 2.49. The Kier molecular flexibility index (Phi) is 18.3. The number of hydrogen-bond donors (Lipinski definition) is 3. The summed E-state index contributed by atoms with van der Waals surface area (Å²) >= 11 is 0. The Balaban J connectivity index is 1.84. The lowest BCUT2D eigenvalue weighted by molar-refractivity contribution is -0.155. The van der Waals surface area contributed by atoms with Gasteiger partial charge in [-0.15, -0.1) is 0 Å².